The van der Waals surface area contributed by atoms with Crippen LogP contribution in [-0.4, -0.2) is 27.0 Å². The largest absolute Gasteiger partial charge is 0.573 e. The van der Waals surface area contributed by atoms with Crippen LogP contribution in [0.5, 0.6) is 5.75 Å². The molecule has 6 rings (SSSR count). The molecule has 2 aromatic heterocycles. The number of oxazole rings is 1. The third-order valence-corrected chi connectivity index (χ3v) is 7.20. The molecule has 3 aromatic carbocycles. The zero-order chi connectivity index (χ0) is 32.1. The quantitative estimate of drug-likeness (QED) is 0.178. The lowest BCUT2D eigenvalue weighted by molar-refractivity contribution is -0.274. The van der Waals surface area contributed by atoms with Crippen molar-refractivity contribution in [1.29, 1.82) is 0 Å². The number of rotatable bonds is 7. The standard InChI is InChI=1S/C31H21ClF6N4O3/c1-16-39-27(17-7-10-22(11-8-17)45-31(36,37)38)28(44-16)23-14-20(19-3-2-4-21(13-19)40-29(43)18-5-6-18)9-12-24(23)42-26(32)15-25(41-42)30(33,34)35/h2-4,7-15,18H,5-6H2,1H3,(H,40,43). The van der Waals surface area contributed by atoms with Gasteiger partial charge in [0.2, 0.25) is 5.91 Å². The molecular formula is C31H21ClF6N4O3. The number of amides is 1. The molecule has 45 heavy (non-hydrogen) atoms. The number of ether oxygens (including phenoxy) is 1. The highest BCUT2D eigenvalue weighted by atomic mass is 35.5. The van der Waals surface area contributed by atoms with Crippen molar-refractivity contribution < 1.29 is 40.3 Å². The fraction of sp³-hybridized carbons (Fsp3) is 0.194. The number of nitrogens with zero attached hydrogens (tertiary/aromatic N) is 3. The zero-order valence-corrected chi connectivity index (χ0v) is 23.9. The first-order valence-electron chi connectivity index (χ1n) is 13.5. The van der Waals surface area contributed by atoms with E-state index in [0.29, 0.717) is 28.4 Å². The van der Waals surface area contributed by atoms with Crippen molar-refractivity contribution in [3.63, 3.8) is 0 Å². The molecule has 14 heteroatoms. The van der Waals surface area contributed by atoms with Gasteiger partial charge in [-0.25, -0.2) is 9.67 Å². The summed E-state index contributed by atoms with van der Waals surface area (Å²) in [4.78, 5) is 16.8. The van der Waals surface area contributed by atoms with E-state index in [0.717, 1.165) is 29.7 Å². The second kappa shape index (κ2) is 11.3. The molecule has 0 unspecified atom stereocenters. The van der Waals surface area contributed by atoms with E-state index >= 15 is 0 Å². The number of carbonyl (C=O) groups is 1. The summed E-state index contributed by atoms with van der Waals surface area (Å²) < 4.78 is 89.6. The lowest BCUT2D eigenvalue weighted by Crippen LogP contribution is -2.16. The molecule has 0 radical (unpaired) electrons. The first-order chi connectivity index (χ1) is 21.2. The lowest BCUT2D eigenvalue weighted by atomic mass is 9.98. The molecule has 232 valence electrons. The Hall–Kier alpha value is -4.78. The molecule has 0 aliphatic heterocycles. The van der Waals surface area contributed by atoms with Crippen molar-refractivity contribution in [2.45, 2.75) is 32.3 Å². The molecule has 5 aromatic rings. The molecule has 0 bridgehead atoms. The van der Waals surface area contributed by atoms with Gasteiger partial charge in [0.25, 0.3) is 0 Å². The van der Waals surface area contributed by atoms with E-state index in [4.69, 9.17) is 16.0 Å². The van der Waals surface area contributed by atoms with Gasteiger partial charge in [-0.3, -0.25) is 4.79 Å². The predicted molar refractivity (Wildman–Crippen MR) is 153 cm³/mol. The van der Waals surface area contributed by atoms with Crippen LogP contribution in [0.1, 0.15) is 24.4 Å². The van der Waals surface area contributed by atoms with E-state index in [9.17, 15) is 31.1 Å². The van der Waals surface area contributed by atoms with Crippen molar-refractivity contribution in [2.24, 2.45) is 5.92 Å². The van der Waals surface area contributed by atoms with Gasteiger partial charge in [-0.15, -0.1) is 13.2 Å². The minimum absolute atomic E-state index is 0.0119. The number of anilines is 1. The molecule has 1 aliphatic rings. The van der Waals surface area contributed by atoms with Gasteiger partial charge < -0.3 is 14.5 Å². The maximum atomic E-state index is 13.5. The van der Waals surface area contributed by atoms with E-state index in [1.54, 1.807) is 43.3 Å². The first kappa shape index (κ1) is 30.3. The van der Waals surface area contributed by atoms with Crippen LogP contribution >= 0.6 is 11.6 Å². The smallest absolute Gasteiger partial charge is 0.440 e. The summed E-state index contributed by atoms with van der Waals surface area (Å²) in [6.45, 7) is 1.55. The Morgan fingerprint density at radius 2 is 1.64 bits per heavy atom. The van der Waals surface area contributed by atoms with Crippen LogP contribution in [0.3, 0.4) is 0 Å². The van der Waals surface area contributed by atoms with Crippen LogP contribution in [0.25, 0.3) is 39.4 Å². The van der Waals surface area contributed by atoms with Gasteiger partial charge in [0.15, 0.2) is 17.3 Å². The molecule has 1 N–H and O–H groups in total. The summed E-state index contributed by atoms with van der Waals surface area (Å²) in [6, 6.07) is 17.5. The van der Waals surface area contributed by atoms with Gasteiger partial charge in [-0.05, 0) is 72.5 Å². The Bertz CT molecular complexity index is 1890. The molecule has 1 amide bonds. The Balaban J connectivity index is 1.48. The van der Waals surface area contributed by atoms with Crippen molar-refractivity contribution >= 4 is 23.2 Å². The van der Waals surface area contributed by atoms with E-state index in [1.165, 1.54) is 18.2 Å². The summed E-state index contributed by atoms with van der Waals surface area (Å²) in [7, 11) is 0. The molecule has 7 nitrogen and oxygen atoms in total. The molecule has 1 saturated carbocycles. The summed E-state index contributed by atoms with van der Waals surface area (Å²) in [5.41, 5.74) is 1.54. The van der Waals surface area contributed by atoms with Gasteiger partial charge in [0, 0.05) is 35.7 Å². The highest BCUT2D eigenvalue weighted by molar-refractivity contribution is 6.30. The average molecular weight is 647 g/mol. The average Bonchev–Trinajstić information content (AvgIpc) is 3.65. The minimum Gasteiger partial charge on any atom is -0.440 e. The van der Waals surface area contributed by atoms with Crippen LogP contribution < -0.4 is 10.1 Å². The maximum Gasteiger partial charge on any atom is 0.573 e. The Labute approximate surface area is 256 Å². The Morgan fingerprint density at radius 1 is 0.956 bits per heavy atom. The number of nitrogens with one attached hydrogen (secondary N) is 1. The van der Waals surface area contributed by atoms with E-state index in [2.05, 4.69) is 20.1 Å². The minimum atomic E-state index is -4.89. The van der Waals surface area contributed by atoms with Crippen molar-refractivity contribution in [3.05, 3.63) is 89.5 Å². The fourth-order valence-corrected chi connectivity index (χ4v) is 4.97. The van der Waals surface area contributed by atoms with E-state index < -0.39 is 24.0 Å². The van der Waals surface area contributed by atoms with E-state index in [1.807, 2.05) is 0 Å². The lowest BCUT2D eigenvalue weighted by Gasteiger charge is -2.14. The predicted octanol–water partition coefficient (Wildman–Crippen LogP) is 9.09. The zero-order valence-electron chi connectivity index (χ0n) is 23.1. The number of hydrogen-bond acceptors (Lipinski definition) is 5. The number of alkyl halides is 6. The van der Waals surface area contributed by atoms with Crippen molar-refractivity contribution in [3.8, 4) is 45.1 Å². The number of aryl methyl sites for hydroxylation is 1. The van der Waals surface area contributed by atoms with Gasteiger partial charge >= 0.3 is 12.5 Å². The maximum absolute atomic E-state index is 13.5. The number of halogens is 7. The van der Waals surface area contributed by atoms with Crippen LogP contribution in [0.4, 0.5) is 32.0 Å². The summed E-state index contributed by atoms with van der Waals surface area (Å²) in [5, 5.41) is 6.25. The van der Waals surface area contributed by atoms with Crippen molar-refractivity contribution in [2.75, 3.05) is 5.32 Å². The number of carbonyl (C=O) groups excluding carboxylic acids is 1. The van der Waals surface area contributed by atoms with Gasteiger partial charge in [0.05, 0.1) is 5.69 Å². The SMILES string of the molecule is Cc1nc(-c2ccc(OC(F)(F)F)cc2)c(-c2cc(-c3cccc(NC(=O)C4CC4)c3)ccc2-n2nc(C(F)(F)F)cc2Cl)o1. The van der Waals surface area contributed by atoms with Crippen LogP contribution in [-0.2, 0) is 11.0 Å². The van der Waals surface area contributed by atoms with Crippen molar-refractivity contribution in [1.82, 2.24) is 14.8 Å². The first-order valence-corrected chi connectivity index (χ1v) is 13.9. The summed E-state index contributed by atoms with van der Waals surface area (Å²) in [6.07, 6.45) is -7.99. The number of aromatic nitrogens is 3. The third-order valence-electron chi connectivity index (χ3n) is 6.93. The second-order valence-corrected chi connectivity index (χ2v) is 10.7. The summed E-state index contributed by atoms with van der Waals surface area (Å²) >= 11 is 6.24. The van der Waals surface area contributed by atoms with Crippen LogP contribution in [0.15, 0.2) is 77.2 Å². The second-order valence-electron chi connectivity index (χ2n) is 10.3. The van der Waals surface area contributed by atoms with Crippen LogP contribution in [0.2, 0.25) is 5.15 Å². The highest BCUT2D eigenvalue weighted by Crippen LogP contribution is 2.41. The molecule has 1 fully saturated rings. The molecule has 0 atom stereocenters. The van der Waals surface area contributed by atoms with E-state index in [-0.39, 0.29) is 45.6 Å². The normalized spacial score (nSPS) is 13.6. The van der Waals surface area contributed by atoms with Gasteiger partial charge in [0.1, 0.15) is 16.6 Å². The Kier molecular flexibility index (Phi) is 7.59. The molecular weight excluding hydrogens is 626 g/mol. The molecule has 0 spiro atoms. The molecule has 1 aliphatic carbocycles. The number of hydrogen-bond donors (Lipinski definition) is 1. The summed E-state index contributed by atoms with van der Waals surface area (Å²) in [5.74, 6) is -0.258. The Morgan fingerprint density at radius 3 is 2.29 bits per heavy atom. The topological polar surface area (TPSA) is 82.2 Å². The van der Waals surface area contributed by atoms with Crippen LogP contribution in [0, 0.1) is 12.8 Å². The fourth-order valence-electron chi connectivity index (χ4n) is 4.73. The molecule has 0 saturated heterocycles. The molecule has 2 heterocycles. The highest BCUT2D eigenvalue weighted by Gasteiger charge is 2.36. The van der Waals surface area contributed by atoms with Gasteiger partial charge in [-0.2, -0.15) is 18.3 Å². The monoisotopic (exact) mass is 646 g/mol. The number of benzene rings is 3. The van der Waals surface area contributed by atoms with Gasteiger partial charge in [-0.1, -0.05) is 29.8 Å². The third kappa shape index (κ3) is 6.68.